The van der Waals surface area contributed by atoms with Gasteiger partial charge in [0.05, 0.1) is 11.6 Å². The van der Waals surface area contributed by atoms with Crippen molar-refractivity contribution in [3.63, 3.8) is 0 Å². The number of halogens is 2. The van der Waals surface area contributed by atoms with Crippen LogP contribution in [-0.4, -0.2) is 40.7 Å². The fourth-order valence-electron chi connectivity index (χ4n) is 2.64. The SMILES string of the molecule is C=CN(CC(=O)N(CC(=O)NCc1cccc(Cl)c1F)C1CC1)C(=C)CC. The van der Waals surface area contributed by atoms with Crippen molar-refractivity contribution in [3.05, 3.63) is 59.7 Å². The summed E-state index contributed by atoms with van der Waals surface area (Å²) in [6.45, 7) is 9.63. The number of amides is 2. The lowest BCUT2D eigenvalue weighted by Gasteiger charge is -2.27. The Kier molecular flexibility index (Phi) is 7.42. The molecule has 0 bridgehead atoms. The maximum atomic E-state index is 13.9. The Balaban J connectivity index is 1.94. The molecule has 2 rings (SSSR count). The molecule has 0 saturated heterocycles. The number of carbonyl (C=O) groups excluding carboxylic acids is 2. The Morgan fingerprint density at radius 2 is 2.07 bits per heavy atom. The van der Waals surface area contributed by atoms with Crippen LogP contribution in [0.4, 0.5) is 4.39 Å². The van der Waals surface area contributed by atoms with Gasteiger partial charge in [-0.15, -0.1) is 0 Å². The Labute approximate surface area is 164 Å². The maximum Gasteiger partial charge on any atom is 0.243 e. The van der Waals surface area contributed by atoms with Gasteiger partial charge in [-0.2, -0.15) is 0 Å². The Bertz CT molecular complexity index is 734. The molecule has 0 aromatic heterocycles. The number of nitrogens with one attached hydrogen (secondary N) is 1. The molecule has 1 N–H and O–H groups in total. The topological polar surface area (TPSA) is 52.7 Å². The molecule has 0 spiro atoms. The molecule has 0 aliphatic heterocycles. The molecule has 1 fully saturated rings. The van der Waals surface area contributed by atoms with Crippen molar-refractivity contribution >= 4 is 23.4 Å². The zero-order chi connectivity index (χ0) is 20.0. The number of hydrogen-bond donors (Lipinski definition) is 1. The van der Waals surface area contributed by atoms with Crippen molar-refractivity contribution in [1.82, 2.24) is 15.1 Å². The van der Waals surface area contributed by atoms with Gasteiger partial charge in [0.1, 0.15) is 12.4 Å². The quantitative estimate of drug-likeness (QED) is 0.662. The third kappa shape index (κ3) is 5.82. The summed E-state index contributed by atoms with van der Waals surface area (Å²) in [6.07, 6.45) is 4.03. The summed E-state index contributed by atoms with van der Waals surface area (Å²) >= 11 is 5.74. The average Bonchev–Trinajstić information content (AvgIpc) is 3.49. The fourth-order valence-corrected chi connectivity index (χ4v) is 2.84. The number of hydrogen-bond acceptors (Lipinski definition) is 3. The molecule has 1 aromatic carbocycles. The molecule has 0 heterocycles. The molecule has 1 saturated carbocycles. The standard InChI is InChI=1S/C20H25ClFN3O2/c1-4-14(3)24(5-2)13-19(27)25(16-9-10-16)12-18(26)23-11-15-7-6-8-17(21)20(15)22/h5-8,16H,2-4,9-13H2,1H3,(H,23,26). The van der Waals surface area contributed by atoms with E-state index in [0.29, 0.717) is 12.0 Å². The molecular weight excluding hydrogens is 369 g/mol. The van der Waals surface area contributed by atoms with Gasteiger partial charge < -0.3 is 15.1 Å². The lowest BCUT2D eigenvalue weighted by Crippen LogP contribution is -2.45. The highest BCUT2D eigenvalue weighted by atomic mass is 35.5. The molecule has 1 aliphatic rings. The van der Waals surface area contributed by atoms with E-state index in [-0.39, 0.29) is 42.5 Å². The third-order valence-electron chi connectivity index (χ3n) is 4.47. The highest BCUT2D eigenvalue weighted by molar-refractivity contribution is 6.30. The largest absolute Gasteiger partial charge is 0.350 e. The van der Waals surface area contributed by atoms with Crippen LogP contribution < -0.4 is 5.32 Å². The molecule has 5 nitrogen and oxygen atoms in total. The molecule has 0 radical (unpaired) electrons. The molecule has 27 heavy (non-hydrogen) atoms. The van der Waals surface area contributed by atoms with Crippen LogP contribution in [-0.2, 0) is 16.1 Å². The molecular formula is C20H25ClFN3O2. The summed E-state index contributed by atoms with van der Waals surface area (Å²) in [5.41, 5.74) is 1.09. The zero-order valence-corrected chi connectivity index (χ0v) is 16.3. The van der Waals surface area contributed by atoms with Gasteiger partial charge >= 0.3 is 0 Å². The van der Waals surface area contributed by atoms with Crippen molar-refractivity contribution in [1.29, 1.82) is 0 Å². The van der Waals surface area contributed by atoms with E-state index in [0.717, 1.165) is 18.5 Å². The lowest BCUT2D eigenvalue weighted by molar-refractivity contribution is -0.136. The van der Waals surface area contributed by atoms with Crippen LogP contribution in [0, 0.1) is 5.82 Å². The lowest BCUT2D eigenvalue weighted by atomic mass is 10.2. The smallest absolute Gasteiger partial charge is 0.243 e. The van der Waals surface area contributed by atoms with Crippen LogP contribution in [0.25, 0.3) is 0 Å². The van der Waals surface area contributed by atoms with Gasteiger partial charge in [0.2, 0.25) is 11.8 Å². The van der Waals surface area contributed by atoms with E-state index in [1.807, 2.05) is 6.92 Å². The van der Waals surface area contributed by atoms with Gasteiger partial charge in [0.25, 0.3) is 0 Å². The number of allylic oxidation sites excluding steroid dienone is 1. The van der Waals surface area contributed by atoms with E-state index >= 15 is 0 Å². The Morgan fingerprint density at radius 1 is 1.37 bits per heavy atom. The van der Waals surface area contributed by atoms with E-state index in [4.69, 9.17) is 11.6 Å². The molecule has 2 amide bonds. The van der Waals surface area contributed by atoms with Gasteiger partial charge in [0, 0.05) is 23.8 Å². The molecule has 146 valence electrons. The highest BCUT2D eigenvalue weighted by Crippen LogP contribution is 2.27. The van der Waals surface area contributed by atoms with Gasteiger partial charge in [0.15, 0.2) is 0 Å². The first kappa shape index (κ1) is 21.0. The second-order valence-electron chi connectivity index (χ2n) is 6.47. The minimum atomic E-state index is -0.547. The summed E-state index contributed by atoms with van der Waals surface area (Å²) in [5, 5.41) is 2.66. The Hall–Kier alpha value is -2.34. The van der Waals surface area contributed by atoms with Crippen LogP contribution in [0.15, 0.2) is 43.3 Å². The first-order valence-corrected chi connectivity index (χ1v) is 9.31. The van der Waals surface area contributed by atoms with Crippen molar-refractivity contribution in [3.8, 4) is 0 Å². The average molecular weight is 394 g/mol. The van der Waals surface area contributed by atoms with Crippen molar-refractivity contribution < 1.29 is 14.0 Å². The molecule has 0 atom stereocenters. The van der Waals surface area contributed by atoms with Crippen molar-refractivity contribution in [2.45, 2.75) is 38.8 Å². The summed E-state index contributed by atoms with van der Waals surface area (Å²) < 4.78 is 13.9. The second-order valence-corrected chi connectivity index (χ2v) is 6.88. The Morgan fingerprint density at radius 3 is 2.67 bits per heavy atom. The third-order valence-corrected chi connectivity index (χ3v) is 4.76. The number of rotatable bonds is 10. The monoisotopic (exact) mass is 393 g/mol. The van der Waals surface area contributed by atoms with Crippen LogP contribution in [0.5, 0.6) is 0 Å². The molecule has 7 heteroatoms. The van der Waals surface area contributed by atoms with Crippen LogP contribution >= 0.6 is 11.6 Å². The fraction of sp³-hybridized carbons (Fsp3) is 0.400. The second kappa shape index (κ2) is 9.55. The van der Waals surface area contributed by atoms with E-state index in [1.165, 1.54) is 6.07 Å². The predicted molar refractivity (Wildman–Crippen MR) is 104 cm³/mol. The highest BCUT2D eigenvalue weighted by Gasteiger charge is 2.34. The predicted octanol–water partition coefficient (Wildman–Crippen LogP) is 3.46. The minimum Gasteiger partial charge on any atom is -0.350 e. The van der Waals surface area contributed by atoms with Crippen molar-refractivity contribution in [2.24, 2.45) is 0 Å². The first-order valence-electron chi connectivity index (χ1n) is 8.93. The van der Waals surface area contributed by atoms with Crippen molar-refractivity contribution in [2.75, 3.05) is 13.1 Å². The molecule has 0 unspecified atom stereocenters. The number of carbonyl (C=O) groups is 2. The summed E-state index contributed by atoms with van der Waals surface area (Å²) in [5.74, 6) is -1.04. The van der Waals surface area contributed by atoms with Crippen LogP contribution in [0.3, 0.4) is 0 Å². The van der Waals surface area contributed by atoms with Gasteiger partial charge in [-0.3, -0.25) is 9.59 Å². The number of nitrogens with zero attached hydrogens (tertiary/aromatic N) is 2. The minimum absolute atomic E-state index is 0.0113. The zero-order valence-electron chi connectivity index (χ0n) is 15.5. The van der Waals surface area contributed by atoms with E-state index < -0.39 is 5.82 Å². The van der Waals surface area contributed by atoms with Gasteiger partial charge in [-0.25, -0.2) is 4.39 Å². The summed E-state index contributed by atoms with van der Waals surface area (Å²) in [6, 6.07) is 4.71. The van der Waals surface area contributed by atoms with Gasteiger partial charge in [-0.1, -0.05) is 43.8 Å². The normalized spacial score (nSPS) is 13.0. The first-order chi connectivity index (χ1) is 12.9. The summed E-state index contributed by atoms with van der Waals surface area (Å²) in [4.78, 5) is 28.2. The number of benzene rings is 1. The van der Waals surface area contributed by atoms with E-state index in [9.17, 15) is 14.0 Å². The van der Waals surface area contributed by atoms with E-state index in [1.54, 1.807) is 28.1 Å². The summed E-state index contributed by atoms with van der Waals surface area (Å²) in [7, 11) is 0. The van der Waals surface area contributed by atoms with Gasteiger partial charge in [-0.05, 0) is 31.5 Å². The van der Waals surface area contributed by atoms with E-state index in [2.05, 4.69) is 18.5 Å². The molecule has 1 aliphatic carbocycles. The molecule has 1 aromatic rings. The van der Waals surface area contributed by atoms with Crippen LogP contribution in [0.1, 0.15) is 31.7 Å². The van der Waals surface area contributed by atoms with Crippen LogP contribution in [0.2, 0.25) is 5.02 Å². The maximum absolute atomic E-state index is 13.9.